The molecule has 1 aliphatic rings. The Morgan fingerprint density at radius 1 is 1.14 bits per heavy atom. The standard InChI is InChI=1S/C21H30N2O5/c1-13-6-5-7-14(2)23(13)19(24)12-28-18-10-8-17(9-11-18)20(25)22-16(4)15(3)21(26)27/h8-11,13-16H,5-7,12H2,1-4H3,(H,22,25)(H,26,27). The lowest BCUT2D eigenvalue weighted by Crippen LogP contribution is -2.49. The van der Waals surface area contributed by atoms with Gasteiger partial charge in [0.25, 0.3) is 11.8 Å². The molecule has 0 aliphatic carbocycles. The fourth-order valence-corrected chi connectivity index (χ4v) is 3.46. The van der Waals surface area contributed by atoms with Crippen molar-refractivity contribution in [3.8, 4) is 5.75 Å². The minimum atomic E-state index is -0.960. The summed E-state index contributed by atoms with van der Waals surface area (Å²) >= 11 is 0. The van der Waals surface area contributed by atoms with E-state index in [2.05, 4.69) is 19.2 Å². The van der Waals surface area contributed by atoms with Gasteiger partial charge in [0.15, 0.2) is 6.61 Å². The normalized spacial score (nSPS) is 21.5. The molecule has 7 heteroatoms. The van der Waals surface area contributed by atoms with Crippen molar-refractivity contribution >= 4 is 17.8 Å². The van der Waals surface area contributed by atoms with Gasteiger partial charge in [-0.1, -0.05) is 0 Å². The lowest BCUT2D eigenvalue weighted by atomic mass is 9.97. The Kier molecular flexibility index (Phi) is 7.43. The lowest BCUT2D eigenvalue weighted by Gasteiger charge is -2.38. The van der Waals surface area contributed by atoms with Gasteiger partial charge in [-0.05, 0) is 71.2 Å². The smallest absolute Gasteiger partial charge is 0.308 e. The molecule has 4 atom stereocenters. The number of carbonyl (C=O) groups is 3. The fourth-order valence-electron chi connectivity index (χ4n) is 3.46. The van der Waals surface area contributed by atoms with Crippen LogP contribution in [0.2, 0.25) is 0 Å². The number of benzene rings is 1. The molecule has 154 valence electrons. The van der Waals surface area contributed by atoms with E-state index in [4.69, 9.17) is 9.84 Å². The van der Waals surface area contributed by atoms with Crippen LogP contribution in [0.5, 0.6) is 5.75 Å². The predicted molar refractivity (Wildman–Crippen MR) is 105 cm³/mol. The Labute approximate surface area is 166 Å². The number of carbonyl (C=O) groups excluding carboxylic acids is 2. The van der Waals surface area contributed by atoms with E-state index in [-0.39, 0.29) is 30.5 Å². The number of carboxylic acids is 1. The summed E-state index contributed by atoms with van der Waals surface area (Å²) in [4.78, 5) is 37.6. The van der Waals surface area contributed by atoms with Gasteiger partial charge in [-0.3, -0.25) is 14.4 Å². The molecule has 0 radical (unpaired) electrons. The second-order valence-electron chi connectivity index (χ2n) is 7.63. The molecule has 0 bridgehead atoms. The first-order valence-corrected chi connectivity index (χ1v) is 9.78. The molecule has 28 heavy (non-hydrogen) atoms. The van der Waals surface area contributed by atoms with Crippen molar-refractivity contribution in [2.45, 2.75) is 65.1 Å². The third-order valence-corrected chi connectivity index (χ3v) is 5.46. The SMILES string of the molecule is CC(NC(=O)c1ccc(OCC(=O)N2C(C)CCCC2C)cc1)C(C)C(=O)O. The average Bonchev–Trinajstić information content (AvgIpc) is 2.65. The molecule has 0 saturated carbocycles. The zero-order chi connectivity index (χ0) is 20.8. The van der Waals surface area contributed by atoms with Crippen molar-refractivity contribution in [3.05, 3.63) is 29.8 Å². The highest BCUT2D eigenvalue weighted by molar-refractivity contribution is 5.94. The number of rotatable bonds is 7. The summed E-state index contributed by atoms with van der Waals surface area (Å²) in [5.41, 5.74) is 0.404. The van der Waals surface area contributed by atoms with Crippen molar-refractivity contribution in [3.63, 3.8) is 0 Å². The van der Waals surface area contributed by atoms with Crippen molar-refractivity contribution in [1.82, 2.24) is 10.2 Å². The van der Waals surface area contributed by atoms with Gasteiger partial charge < -0.3 is 20.1 Å². The van der Waals surface area contributed by atoms with Crippen LogP contribution < -0.4 is 10.1 Å². The number of amides is 2. The summed E-state index contributed by atoms with van der Waals surface area (Å²) < 4.78 is 5.60. The molecule has 2 rings (SSSR count). The quantitative estimate of drug-likeness (QED) is 0.746. The maximum atomic E-state index is 12.5. The maximum absolute atomic E-state index is 12.5. The highest BCUT2D eigenvalue weighted by Crippen LogP contribution is 2.23. The summed E-state index contributed by atoms with van der Waals surface area (Å²) in [6, 6.07) is 6.42. The molecule has 2 amide bonds. The summed E-state index contributed by atoms with van der Waals surface area (Å²) in [6.07, 6.45) is 3.16. The summed E-state index contributed by atoms with van der Waals surface area (Å²) in [6.45, 7) is 7.29. The highest BCUT2D eigenvalue weighted by atomic mass is 16.5. The van der Waals surface area contributed by atoms with Gasteiger partial charge in [-0.2, -0.15) is 0 Å². The molecule has 1 aliphatic heterocycles. The van der Waals surface area contributed by atoms with Crippen LogP contribution in [0.4, 0.5) is 0 Å². The summed E-state index contributed by atoms with van der Waals surface area (Å²) in [5, 5.41) is 11.7. The van der Waals surface area contributed by atoms with Crippen LogP contribution in [-0.2, 0) is 9.59 Å². The number of likely N-dealkylation sites (tertiary alicyclic amines) is 1. The summed E-state index contributed by atoms with van der Waals surface area (Å²) in [5.74, 6) is -1.51. The van der Waals surface area contributed by atoms with Gasteiger partial charge in [-0.25, -0.2) is 0 Å². The predicted octanol–water partition coefficient (Wildman–Crippen LogP) is 2.69. The number of nitrogens with one attached hydrogen (secondary N) is 1. The van der Waals surface area contributed by atoms with E-state index in [1.165, 1.54) is 0 Å². The van der Waals surface area contributed by atoms with Gasteiger partial charge in [0.1, 0.15) is 5.75 Å². The topological polar surface area (TPSA) is 95.9 Å². The molecular weight excluding hydrogens is 360 g/mol. The van der Waals surface area contributed by atoms with Crippen LogP contribution >= 0.6 is 0 Å². The number of hydrogen-bond donors (Lipinski definition) is 2. The van der Waals surface area contributed by atoms with E-state index < -0.39 is 17.9 Å². The van der Waals surface area contributed by atoms with Crippen molar-refractivity contribution in [1.29, 1.82) is 0 Å². The Morgan fingerprint density at radius 3 is 2.25 bits per heavy atom. The average molecular weight is 390 g/mol. The first kappa shape index (κ1) is 21.7. The van der Waals surface area contributed by atoms with E-state index in [0.29, 0.717) is 11.3 Å². The molecule has 1 heterocycles. The number of ether oxygens (including phenoxy) is 1. The molecular formula is C21H30N2O5. The molecule has 2 N–H and O–H groups in total. The van der Waals surface area contributed by atoms with Gasteiger partial charge in [0.2, 0.25) is 0 Å². The van der Waals surface area contributed by atoms with Crippen LogP contribution in [0.1, 0.15) is 57.3 Å². The third kappa shape index (κ3) is 5.47. The fraction of sp³-hybridized carbons (Fsp3) is 0.571. The second-order valence-corrected chi connectivity index (χ2v) is 7.63. The van der Waals surface area contributed by atoms with Crippen molar-refractivity contribution in [2.24, 2.45) is 5.92 Å². The first-order chi connectivity index (χ1) is 13.2. The molecule has 1 aromatic carbocycles. The number of hydrogen-bond acceptors (Lipinski definition) is 4. The molecule has 0 aromatic heterocycles. The van der Waals surface area contributed by atoms with E-state index >= 15 is 0 Å². The van der Waals surface area contributed by atoms with E-state index in [1.807, 2.05) is 4.90 Å². The van der Waals surface area contributed by atoms with Crippen LogP contribution in [0.15, 0.2) is 24.3 Å². The Bertz CT molecular complexity index is 693. The van der Waals surface area contributed by atoms with Gasteiger partial charge >= 0.3 is 5.97 Å². The highest BCUT2D eigenvalue weighted by Gasteiger charge is 2.29. The molecule has 1 saturated heterocycles. The van der Waals surface area contributed by atoms with E-state index in [9.17, 15) is 14.4 Å². The Balaban J connectivity index is 1.89. The van der Waals surface area contributed by atoms with Crippen LogP contribution in [0.3, 0.4) is 0 Å². The number of carboxylic acid groups (broad SMARTS) is 1. The first-order valence-electron chi connectivity index (χ1n) is 9.78. The minimum absolute atomic E-state index is 0.0296. The zero-order valence-corrected chi connectivity index (χ0v) is 17.0. The zero-order valence-electron chi connectivity index (χ0n) is 17.0. The van der Waals surface area contributed by atoms with Crippen molar-refractivity contribution < 1.29 is 24.2 Å². The maximum Gasteiger partial charge on any atom is 0.308 e. The number of nitrogens with zero attached hydrogens (tertiary/aromatic N) is 1. The van der Waals surface area contributed by atoms with Crippen LogP contribution in [-0.4, -0.2) is 52.5 Å². The van der Waals surface area contributed by atoms with Crippen LogP contribution in [0, 0.1) is 5.92 Å². The molecule has 1 aromatic rings. The van der Waals surface area contributed by atoms with Gasteiger partial charge in [0.05, 0.1) is 5.92 Å². The molecule has 1 fully saturated rings. The number of aliphatic carboxylic acids is 1. The van der Waals surface area contributed by atoms with E-state index in [0.717, 1.165) is 19.3 Å². The van der Waals surface area contributed by atoms with Gasteiger partial charge in [-0.15, -0.1) is 0 Å². The largest absolute Gasteiger partial charge is 0.484 e. The Hall–Kier alpha value is -2.57. The molecule has 7 nitrogen and oxygen atoms in total. The monoisotopic (exact) mass is 390 g/mol. The summed E-state index contributed by atoms with van der Waals surface area (Å²) in [7, 11) is 0. The van der Waals surface area contributed by atoms with Crippen molar-refractivity contribution in [2.75, 3.05) is 6.61 Å². The van der Waals surface area contributed by atoms with E-state index in [1.54, 1.807) is 38.1 Å². The second kappa shape index (κ2) is 9.57. The van der Waals surface area contributed by atoms with Gasteiger partial charge in [0, 0.05) is 23.7 Å². The lowest BCUT2D eigenvalue weighted by molar-refractivity contribution is -0.142. The van der Waals surface area contributed by atoms with Crippen LogP contribution in [0.25, 0.3) is 0 Å². The minimum Gasteiger partial charge on any atom is -0.484 e. The Morgan fingerprint density at radius 2 is 1.71 bits per heavy atom. The molecule has 0 spiro atoms. The molecule has 4 unspecified atom stereocenters. The third-order valence-electron chi connectivity index (χ3n) is 5.46. The number of piperidine rings is 1.